The Labute approximate surface area is 184 Å². The summed E-state index contributed by atoms with van der Waals surface area (Å²) in [5.41, 5.74) is 0.372. The number of aromatic nitrogens is 1. The molecule has 0 spiro atoms. The molecule has 30 heavy (non-hydrogen) atoms. The average molecular weight is 427 g/mol. The van der Waals surface area contributed by atoms with Gasteiger partial charge in [-0.05, 0) is 97.4 Å². The summed E-state index contributed by atoms with van der Waals surface area (Å²) in [5.74, 6) is 2.54. The summed E-state index contributed by atoms with van der Waals surface area (Å²) in [7, 11) is 2.02. The van der Waals surface area contributed by atoms with Gasteiger partial charge in [-0.15, -0.1) is 0 Å². The molecule has 2 heterocycles. The van der Waals surface area contributed by atoms with Gasteiger partial charge in [0, 0.05) is 31.6 Å². The summed E-state index contributed by atoms with van der Waals surface area (Å²) in [6.45, 7) is 4.88. The van der Waals surface area contributed by atoms with E-state index in [2.05, 4.69) is 23.7 Å². The van der Waals surface area contributed by atoms with Crippen LogP contribution in [0.2, 0.25) is 0 Å². The highest BCUT2D eigenvalue weighted by atomic mass is 32.2. The molecular formula is C25H34N2O2S. The number of amides is 1. The first kappa shape index (κ1) is 20.5. The number of fused-ring (bicyclic) bond motifs is 5. The SMILES string of the molecule is CN1C(=O)CC[C@]2(C)[C@H]3CC[C@]4(C)[C@@H](C(=O)Sc5ccccn5)CC[C@H]4[C@@H]3CC[C@@H]12. The lowest BCUT2D eigenvalue weighted by Crippen LogP contribution is -2.61. The van der Waals surface area contributed by atoms with Gasteiger partial charge in [0.2, 0.25) is 5.91 Å². The largest absolute Gasteiger partial charge is 0.342 e. The Hall–Kier alpha value is -1.36. The van der Waals surface area contributed by atoms with Gasteiger partial charge in [-0.1, -0.05) is 19.9 Å². The molecule has 0 aromatic carbocycles. The van der Waals surface area contributed by atoms with E-state index in [1.807, 2.05) is 25.2 Å². The molecule has 1 aromatic heterocycles. The van der Waals surface area contributed by atoms with Crippen molar-refractivity contribution in [1.29, 1.82) is 0 Å². The van der Waals surface area contributed by atoms with Gasteiger partial charge in [0.05, 0.1) is 0 Å². The number of rotatable bonds is 2. The lowest BCUT2D eigenvalue weighted by molar-refractivity contribution is -0.158. The monoisotopic (exact) mass is 426 g/mol. The Bertz CT molecular complexity index is 845. The summed E-state index contributed by atoms with van der Waals surface area (Å²) in [4.78, 5) is 32.0. The van der Waals surface area contributed by atoms with Crippen LogP contribution < -0.4 is 0 Å². The maximum Gasteiger partial charge on any atom is 0.222 e. The van der Waals surface area contributed by atoms with Crippen molar-refractivity contribution in [3.05, 3.63) is 24.4 Å². The van der Waals surface area contributed by atoms with Crippen molar-refractivity contribution in [2.45, 2.75) is 76.3 Å². The fourth-order valence-corrected chi connectivity index (χ4v) is 9.12. The molecule has 162 valence electrons. The molecule has 4 nitrogen and oxygen atoms in total. The summed E-state index contributed by atoms with van der Waals surface area (Å²) in [5, 5.41) is 1.14. The number of hydrogen-bond donors (Lipinski definition) is 0. The molecule has 0 unspecified atom stereocenters. The minimum atomic E-state index is 0.125. The average Bonchev–Trinajstić information content (AvgIpc) is 3.09. The third kappa shape index (κ3) is 2.98. The number of carbonyl (C=O) groups is 2. The van der Waals surface area contributed by atoms with Crippen molar-refractivity contribution in [1.82, 2.24) is 9.88 Å². The lowest BCUT2D eigenvalue weighted by Gasteiger charge is -2.61. The van der Waals surface area contributed by atoms with Gasteiger partial charge in [0.1, 0.15) is 5.03 Å². The smallest absolute Gasteiger partial charge is 0.222 e. The van der Waals surface area contributed by atoms with Crippen LogP contribution in [-0.4, -0.2) is 34.0 Å². The van der Waals surface area contributed by atoms with E-state index in [1.54, 1.807) is 6.20 Å². The Morgan fingerprint density at radius 3 is 2.63 bits per heavy atom. The molecule has 4 aliphatic rings. The van der Waals surface area contributed by atoms with E-state index in [0.717, 1.165) is 30.7 Å². The molecule has 5 heteroatoms. The molecule has 1 amide bonds. The first-order valence-electron chi connectivity index (χ1n) is 11.7. The maximum atomic E-state index is 13.3. The minimum absolute atomic E-state index is 0.125. The van der Waals surface area contributed by atoms with Crippen LogP contribution in [0.15, 0.2) is 29.4 Å². The third-order valence-electron chi connectivity index (χ3n) is 9.68. The van der Waals surface area contributed by atoms with Crippen molar-refractivity contribution >= 4 is 22.8 Å². The van der Waals surface area contributed by atoms with E-state index in [0.29, 0.717) is 41.2 Å². The van der Waals surface area contributed by atoms with Gasteiger partial charge in [0.15, 0.2) is 5.12 Å². The second kappa shape index (κ2) is 7.36. The van der Waals surface area contributed by atoms with Crippen molar-refractivity contribution in [2.75, 3.05) is 7.05 Å². The number of pyridine rings is 1. The Morgan fingerprint density at radius 1 is 1.07 bits per heavy atom. The van der Waals surface area contributed by atoms with Crippen molar-refractivity contribution < 1.29 is 9.59 Å². The van der Waals surface area contributed by atoms with Crippen LogP contribution in [0.3, 0.4) is 0 Å². The standard InChI is InChI=1S/C25H34N2O2S/c1-24-13-11-18-16(7-10-20-25(18,2)14-12-22(28)27(20)3)17(24)8-9-19(24)23(29)30-21-6-4-5-15-26-21/h4-6,15-20H,7-14H2,1-3H3/t16-,17-,18-,19+,20+,24-,25+/m0/s1. The number of hydrogen-bond acceptors (Lipinski definition) is 4. The van der Waals surface area contributed by atoms with Crippen LogP contribution in [0.5, 0.6) is 0 Å². The molecule has 3 aliphatic carbocycles. The fraction of sp³-hybridized carbons (Fsp3) is 0.720. The molecule has 1 saturated heterocycles. The first-order valence-corrected chi connectivity index (χ1v) is 12.5. The topological polar surface area (TPSA) is 50.3 Å². The van der Waals surface area contributed by atoms with E-state index in [1.165, 1.54) is 31.0 Å². The number of thioether (sulfide) groups is 1. The van der Waals surface area contributed by atoms with Gasteiger partial charge in [-0.3, -0.25) is 9.59 Å². The van der Waals surface area contributed by atoms with Crippen LogP contribution in [0.4, 0.5) is 0 Å². The highest BCUT2D eigenvalue weighted by Crippen LogP contribution is 2.66. The van der Waals surface area contributed by atoms with E-state index in [-0.39, 0.29) is 16.7 Å². The molecule has 0 radical (unpaired) electrons. The summed E-state index contributed by atoms with van der Waals surface area (Å²) in [6, 6.07) is 6.20. The number of nitrogens with zero attached hydrogens (tertiary/aromatic N) is 2. The number of carbonyl (C=O) groups excluding carboxylic acids is 2. The van der Waals surface area contributed by atoms with Gasteiger partial charge in [0.25, 0.3) is 0 Å². The second-order valence-electron chi connectivity index (χ2n) is 10.7. The molecule has 1 aliphatic heterocycles. The molecular weight excluding hydrogens is 392 g/mol. The molecule has 0 N–H and O–H groups in total. The molecule has 3 saturated carbocycles. The minimum Gasteiger partial charge on any atom is -0.342 e. The number of piperidine rings is 1. The van der Waals surface area contributed by atoms with Crippen molar-refractivity contribution in [2.24, 2.45) is 34.5 Å². The zero-order chi connectivity index (χ0) is 21.1. The van der Waals surface area contributed by atoms with E-state index in [9.17, 15) is 9.59 Å². The van der Waals surface area contributed by atoms with Gasteiger partial charge >= 0.3 is 0 Å². The van der Waals surface area contributed by atoms with Gasteiger partial charge in [-0.25, -0.2) is 4.98 Å². The summed E-state index contributed by atoms with van der Waals surface area (Å²) < 4.78 is 0. The predicted molar refractivity (Wildman–Crippen MR) is 119 cm³/mol. The van der Waals surface area contributed by atoms with Crippen molar-refractivity contribution in [3.63, 3.8) is 0 Å². The third-order valence-corrected chi connectivity index (χ3v) is 10.6. The normalized spacial score (nSPS) is 43.0. The highest BCUT2D eigenvalue weighted by Gasteiger charge is 2.62. The van der Waals surface area contributed by atoms with Crippen LogP contribution in [-0.2, 0) is 9.59 Å². The summed E-state index contributed by atoms with van der Waals surface area (Å²) in [6.07, 6.45) is 10.5. The predicted octanol–water partition coefficient (Wildman–Crippen LogP) is 5.18. The van der Waals surface area contributed by atoms with E-state index >= 15 is 0 Å². The van der Waals surface area contributed by atoms with Crippen LogP contribution in [0.1, 0.15) is 65.2 Å². The maximum absolute atomic E-state index is 13.3. The Morgan fingerprint density at radius 2 is 1.87 bits per heavy atom. The second-order valence-corrected chi connectivity index (χ2v) is 11.8. The van der Waals surface area contributed by atoms with E-state index in [4.69, 9.17) is 0 Å². The first-order chi connectivity index (χ1) is 14.3. The zero-order valence-electron chi connectivity index (χ0n) is 18.5. The molecule has 5 rings (SSSR count). The number of likely N-dealkylation sites (tertiary alicyclic amines) is 1. The fourth-order valence-electron chi connectivity index (χ4n) is 8.12. The van der Waals surface area contributed by atoms with Gasteiger partial charge in [-0.2, -0.15) is 0 Å². The van der Waals surface area contributed by atoms with Crippen LogP contribution in [0.25, 0.3) is 0 Å². The van der Waals surface area contributed by atoms with Crippen LogP contribution >= 0.6 is 11.8 Å². The van der Waals surface area contributed by atoms with Gasteiger partial charge < -0.3 is 4.90 Å². The molecule has 4 fully saturated rings. The lowest BCUT2D eigenvalue weighted by atomic mass is 9.47. The molecule has 1 aromatic rings. The highest BCUT2D eigenvalue weighted by molar-refractivity contribution is 8.13. The quantitative estimate of drug-likeness (QED) is 0.612. The van der Waals surface area contributed by atoms with Crippen molar-refractivity contribution in [3.8, 4) is 0 Å². The Kier molecular flexibility index (Phi) is 5.04. The Balaban J connectivity index is 1.36. The molecule has 0 bridgehead atoms. The molecule has 7 atom stereocenters. The van der Waals surface area contributed by atoms with E-state index < -0.39 is 0 Å². The van der Waals surface area contributed by atoms with Crippen LogP contribution in [0, 0.1) is 34.5 Å². The summed E-state index contributed by atoms with van der Waals surface area (Å²) >= 11 is 1.35. The zero-order valence-corrected chi connectivity index (χ0v) is 19.3.